The highest BCUT2D eigenvalue weighted by Crippen LogP contribution is 2.22. The van der Waals surface area contributed by atoms with E-state index in [0.29, 0.717) is 27.6 Å². The Morgan fingerprint density at radius 1 is 1.00 bits per heavy atom. The first-order valence-electron chi connectivity index (χ1n) is 6.19. The first kappa shape index (κ1) is 12.1. The second-order valence-corrected chi connectivity index (χ2v) is 4.37. The van der Waals surface area contributed by atoms with E-state index in [2.05, 4.69) is 11.1 Å². The maximum Gasteiger partial charge on any atom is 0.194 e. The van der Waals surface area contributed by atoms with Gasteiger partial charge in [-0.1, -0.05) is 30.3 Å². The van der Waals surface area contributed by atoms with Gasteiger partial charge in [-0.3, -0.25) is 9.78 Å². The van der Waals surface area contributed by atoms with Crippen molar-refractivity contribution in [2.45, 2.75) is 0 Å². The molecule has 0 N–H and O–H groups in total. The molecule has 3 rings (SSSR count). The lowest BCUT2D eigenvalue weighted by atomic mass is 9.96. The molecule has 0 aliphatic heterocycles. The molecule has 3 nitrogen and oxygen atoms in total. The molecule has 0 saturated carbocycles. The molecule has 1 aromatic heterocycles. The Morgan fingerprint density at radius 2 is 1.80 bits per heavy atom. The predicted molar refractivity (Wildman–Crippen MR) is 76.3 cm³/mol. The molecule has 0 atom stereocenters. The maximum atomic E-state index is 12.5. The van der Waals surface area contributed by atoms with Gasteiger partial charge >= 0.3 is 0 Å². The fourth-order valence-electron chi connectivity index (χ4n) is 2.21. The zero-order valence-electron chi connectivity index (χ0n) is 10.6. The van der Waals surface area contributed by atoms with E-state index in [9.17, 15) is 10.1 Å². The van der Waals surface area contributed by atoms with Crippen LogP contribution in [-0.2, 0) is 0 Å². The zero-order valence-corrected chi connectivity index (χ0v) is 10.6. The van der Waals surface area contributed by atoms with Gasteiger partial charge in [0.05, 0.1) is 11.1 Å². The van der Waals surface area contributed by atoms with Gasteiger partial charge in [0.2, 0.25) is 0 Å². The molecular formula is C17H10N2O. The van der Waals surface area contributed by atoms with Crippen molar-refractivity contribution in [3.63, 3.8) is 0 Å². The van der Waals surface area contributed by atoms with E-state index in [1.165, 1.54) is 0 Å². The van der Waals surface area contributed by atoms with E-state index in [4.69, 9.17) is 0 Å². The van der Waals surface area contributed by atoms with Crippen LogP contribution in [0.25, 0.3) is 10.9 Å². The van der Waals surface area contributed by atoms with Crippen molar-refractivity contribution in [2.75, 3.05) is 0 Å². The first-order valence-corrected chi connectivity index (χ1v) is 6.19. The SMILES string of the molecule is N#Cc1c(C(=O)c2ccccc2)ccc2ncccc12. The van der Waals surface area contributed by atoms with E-state index >= 15 is 0 Å². The molecule has 0 bridgehead atoms. The average molecular weight is 258 g/mol. The Hall–Kier alpha value is -2.99. The van der Waals surface area contributed by atoms with Crippen molar-refractivity contribution in [1.82, 2.24) is 4.98 Å². The number of pyridine rings is 1. The number of hydrogen-bond acceptors (Lipinski definition) is 3. The first-order chi connectivity index (χ1) is 9.81. The smallest absolute Gasteiger partial charge is 0.194 e. The summed E-state index contributed by atoms with van der Waals surface area (Å²) in [5, 5.41) is 10.1. The summed E-state index contributed by atoms with van der Waals surface area (Å²) < 4.78 is 0. The van der Waals surface area contributed by atoms with E-state index in [-0.39, 0.29) is 5.78 Å². The molecule has 0 amide bonds. The van der Waals surface area contributed by atoms with E-state index in [1.54, 1.807) is 36.5 Å². The van der Waals surface area contributed by atoms with Crippen LogP contribution < -0.4 is 0 Å². The van der Waals surface area contributed by atoms with Crippen LogP contribution in [0.2, 0.25) is 0 Å². The minimum absolute atomic E-state index is 0.145. The fraction of sp³-hybridized carbons (Fsp3) is 0. The monoisotopic (exact) mass is 258 g/mol. The second kappa shape index (κ2) is 4.94. The Bertz CT molecular complexity index is 832. The number of hydrogen-bond donors (Lipinski definition) is 0. The number of aromatic nitrogens is 1. The van der Waals surface area contributed by atoms with Crippen LogP contribution in [0.5, 0.6) is 0 Å². The minimum Gasteiger partial charge on any atom is -0.289 e. The molecule has 1 heterocycles. The molecule has 0 radical (unpaired) electrons. The Kier molecular flexibility index (Phi) is 2.98. The van der Waals surface area contributed by atoms with Crippen LogP contribution in [0, 0.1) is 11.3 Å². The van der Waals surface area contributed by atoms with Gasteiger partial charge in [-0.25, -0.2) is 0 Å². The van der Waals surface area contributed by atoms with Crippen molar-refractivity contribution in [2.24, 2.45) is 0 Å². The topological polar surface area (TPSA) is 53.8 Å². The van der Waals surface area contributed by atoms with Crippen LogP contribution >= 0.6 is 0 Å². The van der Waals surface area contributed by atoms with E-state index < -0.39 is 0 Å². The van der Waals surface area contributed by atoms with Gasteiger partial charge in [-0.15, -0.1) is 0 Å². The number of fused-ring (bicyclic) bond motifs is 1. The average Bonchev–Trinajstić information content (AvgIpc) is 2.54. The molecule has 0 unspecified atom stereocenters. The van der Waals surface area contributed by atoms with Crippen molar-refractivity contribution in [3.8, 4) is 6.07 Å². The van der Waals surface area contributed by atoms with Crippen LogP contribution in [0.15, 0.2) is 60.8 Å². The molecule has 3 aromatic rings. The zero-order chi connectivity index (χ0) is 13.9. The fourth-order valence-corrected chi connectivity index (χ4v) is 2.21. The summed E-state index contributed by atoms with van der Waals surface area (Å²) in [6.45, 7) is 0. The standard InChI is InChI=1S/C17H10N2O/c18-11-15-13-7-4-10-19-16(13)9-8-14(15)17(20)12-5-2-1-3-6-12/h1-10H. The van der Waals surface area contributed by atoms with Crippen LogP contribution in [0.1, 0.15) is 21.5 Å². The molecule has 94 valence electrons. The highest BCUT2D eigenvalue weighted by molar-refractivity contribution is 6.12. The second-order valence-electron chi connectivity index (χ2n) is 4.37. The summed E-state index contributed by atoms with van der Waals surface area (Å²) >= 11 is 0. The number of nitrogens with zero attached hydrogens (tertiary/aromatic N) is 2. The van der Waals surface area contributed by atoms with E-state index in [1.807, 2.05) is 24.3 Å². The molecule has 0 aliphatic carbocycles. The van der Waals surface area contributed by atoms with Gasteiger partial charge in [0.25, 0.3) is 0 Å². The lowest BCUT2D eigenvalue weighted by molar-refractivity contribution is 0.103. The maximum absolute atomic E-state index is 12.5. The largest absolute Gasteiger partial charge is 0.289 e. The van der Waals surface area contributed by atoms with Gasteiger partial charge in [-0.05, 0) is 24.3 Å². The summed E-state index contributed by atoms with van der Waals surface area (Å²) in [5.41, 5.74) is 2.09. The number of carbonyl (C=O) groups is 1. The van der Waals surface area contributed by atoms with Crippen molar-refractivity contribution >= 4 is 16.7 Å². The lowest BCUT2D eigenvalue weighted by Gasteiger charge is -2.06. The normalized spacial score (nSPS) is 10.2. The molecule has 0 saturated heterocycles. The van der Waals surface area contributed by atoms with Crippen molar-refractivity contribution in [1.29, 1.82) is 5.26 Å². The number of rotatable bonds is 2. The highest BCUT2D eigenvalue weighted by atomic mass is 16.1. The van der Waals surface area contributed by atoms with Crippen LogP contribution in [-0.4, -0.2) is 10.8 Å². The summed E-state index contributed by atoms with van der Waals surface area (Å²) in [4.78, 5) is 16.7. The Morgan fingerprint density at radius 3 is 2.55 bits per heavy atom. The highest BCUT2D eigenvalue weighted by Gasteiger charge is 2.15. The predicted octanol–water partition coefficient (Wildman–Crippen LogP) is 3.34. The molecule has 0 fully saturated rings. The molecular weight excluding hydrogens is 248 g/mol. The van der Waals surface area contributed by atoms with Gasteiger partial charge in [0.1, 0.15) is 6.07 Å². The third-order valence-corrected chi connectivity index (χ3v) is 3.18. The van der Waals surface area contributed by atoms with Gasteiger partial charge in [0, 0.05) is 22.7 Å². The third kappa shape index (κ3) is 1.94. The summed E-state index contributed by atoms with van der Waals surface area (Å²) in [7, 11) is 0. The van der Waals surface area contributed by atoms with Gasteiger partial charge < -0.3 is 0 Å². The van der Waals surface area contributed by atoms with Gasteiger partial charge in [-0.2, -0.15) is 5.26 Å². The Labute approximate surface area is 116 Å². The van der Waals surface area contributed by atoms with Crippen molar-refractivity contribution < 1.29 is 4.79 Å². The molecule has 2 aromatic carbocycles. The van der Waals surface area contributed by atoms with Crippen LogP contribution in [0.3, 0.4) is 0 Å². The number of nitriles is 1. The molecule has 0 spiro atoms. The number of ketones is 1. The minimum atomic E-state index is -0.145. The Balaban J connectivity index is 2.23. The number of carbonyl (C=O) groups excluding carboxylic acids is 1. The molecule has 3 heteroatoms. The van der Waals surface area contributed by atoms with E-state index in [0.717, 1.165) is 0 Å². The quantitative estimate of drug-likeness (QED) is 0.662. The summed E-state index contributed by atoms with van der Waals surface area (Å²) in [6, 6.07) is 18.1. The summed E-state index contributed by atoms with van der Waals surface area (Å²) in [6.07, 6.45) is 1.67. The lowest BCUT2D eigenvalue weighted by Crippen LogP contribution is -2.04. The van der Waals surface area contributed by atoms with Crippen LogP contribution in [0.4, 0.5) is 0 Å². The number of benzene rings is 2. The molecule has 20 heavy (non-hydrogen) atoms. The molecule has 0 aliphatic rings. The third-order valence-electron chi connectivity index (χ3n) is 3.18. The summed E-state index contributed by atoms with van der Waals surface area (Å²) in [5.74, 6) is -0.145. The van der Waals surface area contributed by atoms with Gasteiger partial charge in [0.15, 0.2) is 5.78 Å². The van der Waals surface area contributed by atoms with Crippen molar-refractivity contribution in [3.05, 3.63) is 77.5 Å².